The summed E-state index contributed by atoms with van der Waals surface area (Å²) < 4.78 is 0. The number of benzene rings is 1. The number of nitrogens with zero attached hydrogens (tertiary/aromatic N) is 2. The van der Waals surface area contributed by atoms with Crippen LogP contribution in [-0.4, -0.2) is 46.5 Å². The van der Waals surface area contributed by atoms with Crippen LogP contribution in [-0.2, 0) is 0 Å². The van der Waals surface area contributed by atoms with E-state index in [2.05, 4.69) is 0 Å². The van der Waals surface area contributed by atoms with Gasteiger partial charge in [0.05, 0.1) is 18.1 Å². The Morgan fingerprint density at radius 1 is 1.45 bits per heavy atom. The van der Waals surface area contributed by atoms with Crippen LogP contribution in [0.3, 0.4) is 0 Å². The van der Waals surface area contributed by atoms with Gasteiger partial charge >= 0.3 is 0 Å². The highest BCUT2D eigenvalue weighted by Gasteiger charge is 2.24. The molecule has 1 saturated heterocycles. The molecule has 1 aromatic carbocycles. The molecule has 6 heteroatoms. The van der Waals surface area contributed by atoms with E-state index >= 15 is 0 Å². The van der Waals surface area contributed by atoms with Gasteiger partial charge in [0.2, 0.25) is 0 Å². The van der Waals surface area contributed by atoms with E-state index in [-0.39, 0.29) is 30.7 Å². The predicted molar refractivity (Wildman–Crippen MR) is 73.7 cm³/mol. The molecule has 1 fully saturated rings. The summed E-state index contributed by atoms with van der Waals surface area (Å²) in [4.78, 5) is 24.4. The normalized spacial score (nSPS) is 19.8. The van der Waals surface area contributed by atoms with E-state index in [0.717, 1.165) is 25.8 Å². The van der Waals surface area contributed by atoms with Crippen molar-refractivity contribution in [3.63, 3.8) is 0 Å². The molecule has 0 aromatic heterocycles. The van der Waals surface area contributed by atoms with E-state index in [4.69, 9.17) is 0 Å². The van der Waals surface area contributed by atoms with Crippen LogP contribution in [0.4, 0.5) is 5.69 Å². The first-order valence-corrected chi connectivity index (χ1v) is 6.74. The molecule has 108 valence electrons. The molecular weight excluding hydrogens is 260 g/mol. The Morgan fingerprint density at radius 3 is 2.95 bits per heavy atom. The first kappa shape index (κ1) is 14.6. The topological polar surface area (TPSA) is 83.7 Å². The minimum Gasteiger partial charge on any atom is -0.395 e. The molecule has 0 spiro atoms. The average Bonchev–Trinajstić information content (AvgIpc) is 2.48. The molecule has 0 aliphatic carbocycles. The van der Waals surface area contributed by atoms with Gasteiger partial charge in [0.15, 0.2) is 5.78 Å². The molecule has 1 N–H and O–H groups in total. The van der Waals surface area contributed by atoms with E-state index in [1.54, 1.807) is 6.07 Å². The van der Waals surface area contributed by atoms with Gasteiger partial charge in [-0.05, 0) is 19.4 Å². The fraction of sp³-hybridized carbons (Fsp3) is 0.500. The van der Waals surface area contributed by atoms with Crippen molar-refractivity contribution in [3.05, 3.63) is 39.9 Å². The Morgan fingerprint density at radius 2 is 2.25 bits per heavy atom. The van der Waals surface area contributed by atoms with Crippen molar-refractivity contribution in [3.8, 4) is 0 Å². The second kappa shape index (κ2) is 6.58. The van der Waals surface area contributed by atoms with Gasteiger partial charge in [0.1, 0.15) is 0 Å². The standard InChI is InChI=1S/C14H18N2O4/c17-10-13-5-1-2-7-15(13)9-14(18)11-4-3-6-12(8-11)16(19)20/h3-4,6,8,13,17H,1-2,5,7,9-10H2. The van der Waals surface area contributed by atoms with Crippen LogP contribution in [0.25, 0.3) is 0 Å². The van der Waals surface area contributed by atoms with Crippen LogP contribution >= 0.6 is 0 Å². The van der Waals surface area contributed by atoms with Crippen LogP contribution in [0.5, 0.6) is 0 Å². The van der Waals surface area contributed by atoms with Gasteiger partial charge in [-0.1, -0.05) is 18.6 Å². The Kier molecular flexibility index (Phi) is 4.81. The van der Waals surface area contributed by atoms with E-state index in [0.29, 0.717) is 5.56 Å². The maximum absolute atomic E-state index is 12.2. The molecule has 0 radical (unpaired) electrons. The molecule has 1 aliphatic rings. The van der Waals surface area contributed by atoms with Crippen LogP contribution in [0.1, 0.15) is 29.6 Å². The smallest absolute Gasteiger partial charge is 0.270 e. The molecule has 1 aliphatic heterocycles. The summed E-state index contributed by atoms with van der Waals surface area (Å²) in [7, 11) is 0. The lowest BCUT2D eigenvalue weighted by Gasteiger charge is -2.33. The van der Waals surface area contributed by atoms with Crippen LogP contribution < -0.4 is 0 Å². The molecule has 1 unspecified atom stereocenters. The Bertz CT molecular complexity index is 504. The van der Waals surface area contributed by atoms with Gasteiger partial charge in [0, 0.05) is 23.7 Å². The summed E-state index contributed by atoms with van der Waals surface area (Å²) >= 11 is 0. The van der Waals surface area contributed by atoms with Crippen molar-refractivity contribution in [1.29, 1.82) is 0 Å². The molecule has 0 bridgehead atoms. The summed E-state index contributed by atoms with van der Waals surface area (Å²) in [5.41, 5.74) is 0.273. The summed E-state index contributed by atoms with van der Waals surface area (Å²) in [5.74, 6) is -0.144. The number of aliphatic hydroxyl groups is 1. The van der Waals surface area contributed by atoms with Gasteiger partial charge in [-0.2, -0.15) is 0 Å². The number of nitro benzene ring substituents is 1. The number of likely N-dealkylation sites (tertiary alicyclic amines) is 1. The third-order valence-electron chi connectivity index (χ3n) is 3.69. The molecule has 0 saturated carbocycles. The third kappa shape index (κ3) is 3.40. The van der Waals surface area contributed by atoms with Gasteiger partial charge in [-0.25, -0.2) is 0 Å². The summed E-state index contributed by atoms with van der Waals surface area (Å²) in [5, 5.41) is 20.0. The summed E-state index contributed by atoms with van der Waals surface area (Å²) in [6.45, 7) is 1.03. The molecule has 2 rings (SSSR count). The minimum atomic E-state index is -0.506. The number of piperidine rings is 1. The number of aliphatic hydroxyl groups excluding tert-OH is 1. The number of non-ortho nitro benzene ring substituents is 1. The largest absolute Gasteiger partial charge is 0.395 e. The van der Waals surface area contributed by atoms with Crippen LogP contribution in [0, 0.1) is 10.1 Å². The van der Waals surface area contributed by atoms with Gasteiger partial charge in [-0.15, -0.1) is 0 Å². The van der Waals surface area contributed by atoms with Crippen molar-refractivity contribution >= 4 is 11.5 Å². The fourth-order valence-corrected chi connectivity index (χ4v) is 2.54. The second-order valence-electron chi connectivity index (χ2n) is 5.03. The Balaban J connectivity index is 2.07. The number of hydrogen-bond donors (Lipinski definition) is 1. The zero-order valence-corrected chi connectivity index (χ0v) is 11.2. The van der Waals surface area contributed by atoms with Crippen molar-refractivity contribution in [2.45, 2.75) is 25.3 Å². The fourth-order valence-electron chi connectivity index (χ4n) is 2.54. The maximum Gasteiger partial charge on any atom is 0.270 e. The number of rotatable bonds is 5. The molecular formula is C14H18N2O4. The van der Waals surface area contributed by atoms with Gasteiger partial charge < -0.3 is 5.11 Å². The zero-order chi connectivity index (χ0) is 14.5. The lowest BCUT2D eigenvalue weighted by Crippen LogP contribution is -2.44. The molecule has 0 amide bonds. The van der Waals surface area contributed by atoms with Crippen LogP contribution in [0.2, 0.25) is 0 Å². The molecule has 6 nitrogen and oxygen atoms in total. The van der Waals surface area contributed by atoms with Crippen LogP contribution in [0.15, 0.2) is 24.3 Å². The molecule has 20 heavy (non-hydrogen) atoms. The molecule has 1 atom stereocenters. The SMILES string of the molecule is O=C(CN1CCCCC1CO)c1cccc([N+](=O)[O-])c1. The molecule has 1 aromatic rings. The quantitative estimate of drug-likeness (QED) is 0.502. The lowest BCUT2D eigenvalue weighted by atomic mass is 10.0. The van der Waals surface area contributed by atoms with Gasteiger partial charge in [-0.3, -0.25) is 19.8 Å². The first-order chi connectivity index (χ1) is 9.61. The highest BCUT2D eigenvalue weighted by Crippen LogP contribution is 2.18. The average molecular weight is 278 g/mol. The van der Waals surface area contributed by atoms with E-state index < -0.39 is 4.92 Å². The summed E-state index contributed by atoms with van der Waals surface area (Å²) in [6, 6.07) is 5.80. The summed E-state index contributed by atoms with van der Waals surface area (Å²) in [6.07, 6.45) is 2.96. The number of ketones is 1. The lowest BCUT2D eigenvalue weighted by molar-refractivity contribution is -0.384. The number of hydrogen-bond acceptors (Lipinski definition) is 5. The number of carbonyl (C=O) groups excluding carboxylic acids is 1. The van der Waals surface area contributed by atoms with E-state index in [1.807, 2.05) is 4.90 Å². The van der Waals surface area contributed by atoms with Crippen molar-refractivity contribution in [2.24, 2.45) is 0 Å². The number of Topliss-reactive ketones (excluding diaryl/α,β-unsaturated/α-hetero) is 1. The predicted octanol–water partition coefficient (Wildman–Crippen LogP) is 1.62. The zero-order valence-electron chi connectivity index (χ0n) is 11.2. The highest BCUT2D eigenvalue weighted by molar-refractivity contribution is 5.98. The minimum absolute atomic E-state index is 0.0198. The monoisotopic (exact) mass is 278 g/mol. The van der Waals surface area contributed by atoms with E-state index in [9.17, 15) is 20.0 Å². The highest BCUT2D eigenvalue weighted by atomic mass is 16.6. The Hall–Kier alpha value is -1.79. The third-order valence-corrected chi connectivity index (χ3v) is 3.69. The van der Waals surface area contributed by atoms with E-state index in [1.165, 1.54) is 18.2 Å². The Labute approximate surface area is 117 Å². The number of carbonyl (C=O) groups is 1. The number of nitro groups is 1. The molecule has 1 heterocycles. The second-order valence-corrected chi connectivity index (χ2v) is 5.03. The van der Waals surface area contributed by atoms with Crippen molar-refractivity contribution in [2.75, 3.05) is 19.7 Å². The maximum atomic E-state index is 12.2. The first-order valence-electron chi connectivity index (χ1n) is 6.74. The van der Waals surface area contributed by atoms with Crippen molar-refractivity contribution in [1.82, 2.24) is 4.90 Å². The van der Waals surface area contributed by atoms with Crippen molar-refractivity contribution < 1.29 is 14.8 Å². The van der Waals surface area contributed by atoms with Gasteiger partial charge in [0.25, 0.3) is 5.69 Å².